The standard InChI is InChI=1S/C33H39N5O5/c1-33(2,3)21-29(39)38-16-8-15-37(17-18-38)28-13-12-24(19-27(28)36-31(42)23-9-5-4-6-10-23)32(43)35-26(20-30(40)41)25-11-7-14-34-22-25/h4-7,9-14,19,22,26H,8,15-18,20-21H2,1-3H3,(H,35,43)(H,36,42)(H,40,41). The lowest BCUT2D eigenvalue weighted by molar-refractivity contribution is -0.137. The molecule has 10 heteroatoms. The summed E-state index contributed by atoms with van der Waals surface area (Å²) in [7, 11) is 0. The summed E-state index contributed by atoms with van der Waals surface area (Å²) in [5.41, 5.74) is 2.39. The van der Waals surface area contributed by atoms with Gasteiger partial charge in [-0.15, -0.1) is 0 Å². The Balaban J connectivity index is 1.60. The predicted molar refractivity (Wildman–Crippen MR) is 165 cm³/mol. The molecule has 1 unspecified atom stereocenters. The van der Waals surface area contributed by atoms with Crippen LogP contribution in [0.5, 0.6) is 0 Å². The summed E-state index contributed by atoms with van der Waals surface area (Å²) in [6.07, 6.45) is 4.01. The molecule has 43 heavy (non-hydrogen) atoms. The molecule has 1 aliphatic rings. The van der Waals surface area contributed by atoms with Gasteiger partial charge in [-0.3, -0.25) is 24.2 Å². The molecule has 3 amide bonds. The number of pyridine rings is 1. The first kappa shape index (κ1) is 31.2. The van der Waals surface area contributed by atoms with Crippen LogP contribution in [0.2, 0.25) is 0 Å². The van der Waals surface area contributed by atoms with Crippen molar-refractivity contribution in [2.75, 3.05) is 36.4 Å². The van der Waals surface area contributed by atoms with Crippen LogP contribution in [0, 0.1) is 5.41 Å². The molecule has 0 aliphatic carbocycles. The number of carbonyl (C=O) groups is 4. The van der Waals surface area contributed by atoms with Crippen molar-refractivity contribution in [3.63, 3.8) is 0 Å². The van der Waals surface area contributed by atoms with Crippen LogP contribution in [0.1, 0.15) is 72.4 Å². The largest absolute Gasteiger partial charge is 0.481 e. The maximum Gasteiger partial charge on any atom is 0.305 e. The van der Waals surface area contributed by atoms with Crippen molar-refractivity contribution in [3.8, 4) is 0 Å². The first-order valence-corrected chi connectivity index (χ1v) is 14.5. The van der Waals surface area contributed by atoms with Crippen molar-refractivity contribution in [2.45, 2.75) is 46.1 Å². The van der Waals surface area contributed by atoms with E-state index in [-0.39, 0.29) is 29.2 Å². The summed E-state index contributed by atoms with van der Waals surface area (Å²) in [5.74, 6) is -1.73. The molecular weight excluding hydrogens is 546 g/mol. The zero-order valence-electron chi connectivity index (χ0n) is 24.9. The van der Waals surface area contributed by atoms with E-state index in [0.717, 1.165) is 12.1 Å². The first-order valence-electron chi connectivity index (χ1n) is 14.5. The van der Waals surface area contributed by atoms with Gasteiger partial charge in [-0.05, 0) is 53.8 Å². The van der Waals surface area contributed by atoms with Crippen molar-refractivity contribution >= 4 is 35.1 Å². The molecule has 1 aliphatic heterocycles. The Morgan fingerprint density at radius 3 is 2.35 bits per heavy atom. The van der Waals surface area contributed by atoms with Gasteiger partial charge >= 0.3 is 5.97 Å². The third-order valence-corrected chi connectivity index (χ3v) is 7.18. The number of amides is 3. The molecular formula is C33H39N5O5. The number of aromatic nitrogens is 1. The zero-order valence-corrected chi connectivity index (χ0v) is 24.9. The molecule has 1 saturated heterocycles. The van der Waals surface area contributed by atoms with Gasteiger partial charge < -0.3 is 25.5 Å². The number of nitrogens with one attached hydrogen (secondary N) is 2. The van der Waals surface area contributed by atoms with Crippen molar-refractivity contribution < 1.29 is 24.3 Å². The normalized spacial score (nSPS) is 14.4. The third kappa shape index (κ3) is 8.88. The lowest BCUT2D eigenvalue weighted by Gasteiger charge is -2.27. The third-order valence-electron chi connectivity index (χ3n) is 7.18. The molecule has 4 rings (SSSR count). The highest BCUT2D eigenvalue weighted by atomic mass is 16.4. The number of carboxylic acid groups (broad SMARTS) is 1. The van der Waals surface area contributed by atoms with E-state index in [1.807, 2.05) is 11.0 Å². The Labute approximate surface area is 252 Å². The van der Waals surface area contributed by atoms with Crippen LogP contribution < -0.4 is 15.5 Å². The second-order valence-electron chi connectivity index (χ2n) is 11.9. The molecule has 10 nitrogen and oxygen atoms in total. The zero-order chi connectivity index (χ0) is 31.0. The van der Waals surface area contributed by atoms with Gasteiger partial charge in [0.2, 0.25) is 5.91 Å². The van der Waals surface area contributed by atoms with E-state index in [4.69, 9.17) is 0 Å². The van der Waals surface area contributed by atoms with Crippen LogP contribution in [0.15, 0.2) is 73.1 Å². The number of rotatable bonds is 9. The average molecular weight is 586 g/mol. The van der Waals surface area contributed by atoms with E-state index >= 15 is 0 Å². The molecule has 0 radical (unpaired) electrons. The number of carboxylic acids is 1. The molecule has 0 saturated carbocycles. The Kier molecular flexibility index (Phi) is 10.1. The van der Waals surface area contributed by atoms with Crippen LogP contribution in [-0.2, 0) is 9.59 Å². The second kappa shape index (κ2) is 14.0. The molecule has 1 atom stereocenters. The number of anilines is 2. The Morgan fingerprint density at radius 1 is 0.907 bits per heavy atom. The summed E-state index contributed by atoms with van der Waals surface area (Å²) in [6, 6.07) is 16.5. The summed E-state index contributed by atoms with van der Waals surface area (Å²) in [5, 5.41) is 15.2. The topological polar surface area (TPSA) is 132 Å². The lowest BCUT2D eigenvalue weighted by atomic mass is 9.91. The van der Waals surface area contributed by atoms with Crippen LogP contribution in [-0.4, -0.2) is 64.9 Å². The molecule has 1 fully saturated rings. The van der Waals surface area contributed by atoms with E-state index in [0.29, 0.717) is 49.4 Å². The average Bonchev–Trinajstić information content (AvgIpc) is 3.23. The van der Waals surface area contributed by atoms with Gasteiger partial charge in [0, 0.05) is 56.1 Å². The van der Waals surface area contributed by atoms with Crippen LogP contribution in [0.3, 0.4) is 0 Å². The van der Waals surface area contributed by atoms with E-state index in [2.05, 4.69) is 41.3 Å². The quantitative estimate of drug-likeness (QED) is 0.330. The van der Waals surface area contributed by atoms with E-state index in [9.17, 15) is 24.3 Å². The van der Waals surface area contributed by atoms with Crippen molar-refractivity contribution in [1.82, 2.24) is 15.2 Å². The number of aliphatic carboxylic acids is 1. The molecule has 3 N–H and O–H groups in total. The summed E-state index contributed by atoms with van der Waals surface area (Å²) >= 11 is 0. The Bertz CT molecular complexity index is 1440. The fourth-order valence-electron chi connectivity index (χ4n) is 5.06. The smallest absolute Gasteiger partial charge is 0.305 e. The number of benzene rings is 2. The minimum atomic E-state index is -1.06. The fourth-order valence-corrected chi connectivity index (χ4v) is 5.06. The molecule has 226 valence electrons. The summed E-state index contributed by atoms with van der Waals surface area (Å²) in [4.78, 5) is 59.1. The van der Waals surface area contributed by atoms with Crippen molar-refractivity contribution in [1.29, 1.82) is 0 Å². The lowest BCUT2D eigenvalue weighted by Crippen LogP contribution is -2.37. The number of hydrogen-bond acceptors (Lipinski definition) is 6. The molecule has 0 bridgehead atoms. The van der Waals surface area contributed by atoms with Crippen molar-refractivity contribution in [3.05, 3.63) is 89.7 Å². The molecule has 2 heterocycles. The Hall–Kier alpha value is -4.73. The number of hydrogen-bond donors (Lipinski definition) is 3. The maximum absolute atomic E-state index is 13.4. The van der Waals surface area contributed by atoms with Crippen LogP contribution in [0.4, 0.5) is 11.4 Å². The van der Waals surface area contributed by atoms with E-state index < -0.39 is 17.9 Å². The van der Waals surface area contributed by atoms with Gasteiger partial charge in [-0.25, -0.2) is 0 Å². The van der Waals surface area contributed by atoms with Gasteiger partial charge in [0.15, 0.2) is 0 Å². The van der Waals surface area contributed by atoms with E-state index in [1.54, 1.807) is 60.8 Å². The van der Waals surface area contributed by atoms with E-state index in [1.165, 1.54) is 6.20 Å². The van der Waals surface area contributed by atoms with Gasteiger partial charge in [-0.1, -0.05) is 45.0 Å². The monoisotopic (exact) mass is 585 g/mol. The number of carbonyl (C=O) groups excluding carboxylic acids is 3. The second-order valence-corrected chi connectivity index (χ2v) is 11.9. The summed E-state index contributed by atoms with van der Waals surface area (Å²) < 4.78 is 0. The van der Waals surface area contributed by atoms with Gasteiger partial charge in [0.25, 0.3) is 11.8 Å². The SMILES string of the molecule is CC(C)(C)CC(=O)N1CCCN(c2ccc(C(=O)NC(CC(=O)O)c3cccnc3)cc2NC(=O)c2ccccc2)CC1. The van der Waals surface area contributed by atoms with Gasteiger partial charge in [0.05, 0.1) is 23.8 Å². The highest BCUT2D eigenvalue weighted by Crippen LogP contribution is 2.30. The fraction of sp³-hybridized carbons (Fsp3) is 0.364. The molecule has 2 aromatic carbocycles. The minimum absolute atomic E-state index is 0.102. The Morgan fingerprint density at radius 2 is 1.67 bits per heavy atom. The first-order chi connectivity index (χ1) is 20.5. The highest BCUT2D eigenvalue weighted by molar-refractivity contribution is 6.07. The van der Waals surface area contributed by atoms with Gasteiger partial charge in [0.1, 0.15) is 0 Å². The van der Waals surface area contributed by atoms with Crippen molar-refractivity contribution in [2.24, 2.45) is 5.41 Å². The predicted octanol–water partition coefficient (Wildman–Crippen LogP) is 4.75. The van der Waals surface area contributed by atoms with Crippen LogP contribution >= 0.6 is 0 Å². The van der Waals surface area contributed by atoms with Gasteiger partial charge in [-0.2, -0.15) is 0 Å². The van der Waals surface area contributed by atoms with Crippen LogP contribution in [0.25, 0.3) is 0 Å². The number of nitrogens with zero attached hydrogens (tertiary/aromatic N) is 3. The molecule has 0 spiro atoms. The molecule has 3 aromatic rings. The highest BCUT2D eigenvalue weighted by Gasteiger charge is 2.26. The minimum Gasteiger partial charge on any atom is -0.481 e. The molecule has 1 aromatic heterocycles. The summed E-state index contributed by atoms with van der Waals surface area (Å²) in [6.45, 7) is 8.58. The maximum atomic E-state index is 13.4.